The van der Waals surface area contributed by atoms with Crippen LogP contribution < -0.4 is 0 Å². The molecule has 32 heavy (non-hydrogen) atoms. The van der Waals surface area contributed by atoms with Gasteiger partial charge in [-0.05, 0) is 110 Å². The predicted molar refractivity (Wildman–Crippen MR) is 132 cm³/mol. The molecule has 0 fully saturated rings. The highest BCUT2D eigenvalue weighted by atomic mass is 16.3. The largest absolute Gasteiger partial charge is 0.507 e. The minimum atomic E-state index is 0.116. The zero-order valence-electron chi connectivity index (χ0n) is 20.4. The third-order valence-corrected chi connectivity index (χ3v) is 6.83. The minimum absolute atomic E-state index is 0.116. The van der Waals surface area contributed by atoms with E-state index >= 15 is 0 Å². The average Bonchev–Trinajstić information content (AvgIpc) is 2.74. The van der Waals surface area contributed by atoms with Crippen molar-refractivity contribution in [2.24, 2.45) is 0 Å². The smallest absolute Gasteiger partial charge is 0.121 e. The number of phenolic OH excluding ortho intramolecular Hbond substituents is 3. The Hall–Kier alpha value is -2.94. The van der Waals surface area contributed by atoms with Crippen LogP contribution in [-0.2, 0) is 0 Å². The Morgan fingerprint density at radius 3 is 1.09 bits per heavy atom. The van der Waals surface area contributed by atoms with E-state index in [9.17, 15) is 15.3 Å². The van der Waals surface area contributed by atoms with Gasteiger partial charge in [0.25, 0.3) is 0 Å². The lowest BCUT2D eigenvalue weighted by molar-refractivity contribution is 0.465. The summed E-state index contributed by atoms with van der Waals surface area (Å²) < 4.78 is 0. The van der Waals surface area contributed by atoms with Crippen molar-refractivity contribution < 1.29 is 15.3 Å². The summed E-state index contributed by atoms with van der Waals surface area (Å²) >= 11 is 0. The summed E-state index contributed by atoms with van der Waals surface area (Å²) in [6.45, 7) is 13.9. The van der Waals surface area contributed by atoms with Gasteiger partial charge in [0, 0.05) is 5.92 Å². The van der Waals surface area contributed by atoms with E-state index < -0.39 is 0 Å². The van der Waals surface area contributed by atoms with E-state index in [2.05, 4.69) is 43.3 Å². The summed E-state index contributed by atoms with van der Waals surface area (Å²) in [6, 6.07) is 12.6. The van der Waals surface area contributed by atoms with Gasteiger partial charge in [-0.3, -0.25) is 0 Å². The summed E-state index contributed by atoms with van der Waals surface area (Å²) in [5.41, 5.74) is 8.90. The van der Waals surface area contributed by atoms with Crippen LogP contribution in [-0.4, -0.2) is 15.3 Å². The van der Waals surface area contributed by atoms with Gasteiger partial charge < -0.3 is 15.3 Å². The maximum atomic E-state index is 10.3. The first kappa shape index (κ1) is 23.7. The lowest BCUT2D eigenvalue weighted by Gasteiger charge is -2.27. The van der Waals surface area contributed by atoms with Gasteiger partial charge in [0.1, 0.15) is 17.2 Å². The minimum Gasteiger partial charge on any atom is -0.507 e. The fourth-order valence-corrected chi connectivity index (χ4v) is 4.89. The number of rotatable bonds is 6. The second kappa shape index (κ2) is 9.28. The average molecular weight is 433 g/mol. The first-order chi connectivity index (χ1) is 15.0. The molecule has 3 rings (SSSR count). The molecule has 0 aliphatic heterocycles. The molecule has 0 amide bonds. The fraction of sp³-hybridized carbons (Fsp3) is 0.379. The van der Waals surface area contributed by atoms with Crippen LogP contribution in [0.4, 0.5) is 0 Å². The molecule has 3 aromatic carbocycles. The van der Waals surface area contributed by atoms with Gasteiger partial charge in [0.2, 0.25) is 0 Å². The Morgan fingerprint density at radius 2 is 0.812 bits per heavy atom. The molecule has 0 saturated heterocycles. The van der Waals surface area contributed by atoms with Crippen LogP contribution in [0.2, 0.25) is 0 Å². The van der Waals surface area contributed by atoms with Crippen molar-refractivity contribution in [2.75, 3.05) is 0 Å². The Kier molecular flexibility index (Phi) is 6.88. The van der Waals surface area contributed by atoms with Gasteiger partial charge in [-0.2, -0.15) is 0 Å². The molecule has 0 radical (unpaired) electrons. The number of phenols is 3. The van der Waals surface area contributed by atoms with E-state index in [1.165, 1.54) is 16.7 Å². The Labute approximate surface area is 192 Å². The Bertz CT molecular complexity index is 1020. The van der Waals surface area contributed by atoms with E-state index in [4.69, 9.17) is 0 Å². The molecule has 0 aliphatic carbocycles. The maximum absolute atomic E-state index is 10.3. The lowest BCUT2D eigenvalue weighted by Crippen LogP contribution is -2.10. The normalized spacial score (nSPS) is 12.4. The van der Waals surface area contributed by atoms with E-state index in [1.54, 1.807) is 0 Å². The summed E-state index contributed by atoms with van der Waals surface area (Å²) in [5.74, 6) is 1.49. The van der Waals surface area contributed by atoms with Crippen molar-refractivity contribution in [3.8, 4) is 17.2 Å². The molecule has 3 nitrogen and oxygen atoms in total. The van der Waals surface area contributed by atoms with E-state index in [-0.39, 0.29) is 5.92 Å². The van der Waals surface area contributed by atoms with Crippen molar-refractivity contribution in [1.82, 2.24) is 0 Å². The highest BCUT2D eigenvalue weighted by molar-refractivity contribution is 5.50. The van der Waals surface area contributed by atoms with Crippen molar-refractivity contribution in [2.45, 2.75) is 73.1 Å². The number of hydrogen-bond donors (Lipinski definition) is 3. The zero-order chi connectivity index (χ0) is 23.7. The van der Waals surface area contributed by atoms with Gasteiger partial charge in [0.05, 0.1) is 0 Å². The third kappa shape index (κ3) is 4.62. The van der Waals surface area contributed by atoms with Crippen molar-refractivity contribution in [3.63, 3.8) is 0 Å². The van der Waals surface area contributed by atoms with Crippen LogP contribution in [0.25, 0.3) is 0 Å². The first-order valence-corrected chi connectivity index (χ1v) is 11.4. The number of aryl methyl sites for hydroxylation is 6. The third-order valence-electron chi connectivity index (χ3n) is 6.83. The van der Waals surface area contributed by atoms with Crippen LogP contribution in [0, 0.1) is 41.5 Å². The molecule has 170 valence electrons. The van der Waals surface area contributed by atoms with Crippen molar-refractivity contribution in [1.29, 1.82) is 0 Å². The first-order valence-electron chi connectivity index (χ1n) is 11.4. The second-order valence-corrected chi connectivity index (χ2v) is 9.40. The van der Waals surface area contributed by atoms with Crippen LogP contribution in [0.15, 0.2) is 36.4 Å². The molecular weight excluding hydrogens is 396 g/mol. The maximum Gasteiger partial charge on any atom is 0.121 e. The summed E-state index contributed by atoms with van der Waals surface area (Å²) in [6.07, 6.45) is 1.87. The molecule has 3 N–H and O–H groups in total. The standard InChI is InChI=1S/C29H36O3/c1-8-22(23-9-16(2)27(30)17(3)10-23)15-26(24-11-18(4)28(31)19(5)12-24)25-13-20(6)29(32)21(7)14-25/h9-14,22,26,30-32H,8,15H2,1-7H3. The highest BCUT2D eigenvalue weighted by Crippen LogP contribution is 2.41. The van der Waals surface area contributed by atoms with Crippen LogP contribution in [0.3, 0.4) is 0 Å². The van der Waals surface area contributed by atoms with E-state index in [0.29, 0.717) is 23.2 Å². The fourth-order valence-electron chi connectivity index (χ4n) is 4.89. The van der Waals surface area contributed by atoms with Gasteiger partial charge in [0.15, 0.2) is 0 Å². The molecule has 1 unspecified atom stereocenters. The Morgan fingerprint density at radius 1 is 0.531 bits per heavy atom. The lowest BCUT2D eigenvalue weighted by atomic mass is 9.78. The Balaban J connectivity index is 2.14. The monoisotopic (exact) mass is 432 g/mol. The second-order valence-electron chi connectivity index (χ2n) is 9.40. The SMILES string of the molecule is CCC(CC(c1cc(C)c(O)c(C)c1)c1cc(C)c(O)c(C)c1)c1cc(C)c(O)c(C)c1. The van der Waals surface area contributed by atoms with Gasteiger partial charge in [-0.15, -0.1) is 0 Å². The molecule has 0 aromatic heterocycles. The van der Waals surface area contributed by atoms with Crippen LogP contribution in [0.1, 0.15) is 81.7 Å². The molecule has 1 atom stereocenters. The molecule has 0 aliphatic rings. The van der Waals surface area contributed by atoms with Crippen molar-refractivity contribution in [3.05, 3.63) is 86.5 Å². The van der Waals surface area contributed by atoms with E-state index in [1.807, 2.05) is 41.5 Å². The topological polar surface area (TPSA) is 60.7 Å². The summed E-state index contributed by atoms with van der Waals surface area (Å²) in [7, 11) is 0. The number of hydrogen-bond acceptors (Lipinski definition) is 3. The molecule has 0 heterocycles. The van der Waals surface area contributed by atoms with Gasteiger partial charge >= 0.3 is 0 Å². The molecule has 0 spiro atoms. The van der Waals surface area contributed by atoms with Crippen molar-refractivity contribution >= 4 is 0 Å². The van der Waals surface area contributed by atoms with Crippen LogP contribution in [0.5, 0.6) is 17.2 Å². The number of benzene rings is 3. The molecule has 3 aromatic rings. The highest BCUT2D eigenvalue weighted by Gasteiger charge is 2.24. The van der Waals surface area contributed by atoms with Crippen LogP contribution >= 0.6 is 0 Å². The van der Waals surface area contributed by atoms with Gasteiger partial charge in [-0.1, -0.05) is 43.3 Å². The molecule has 0 saturated carbocycles. The predicted octanol–water partition coefficient (Wildman–Crippen LogP) is 7.37. The molecule has 3 heteroatoms. The van der Waals surface area contributed by atoms with Gasteiger partial charge in [-0.25, -0.2) is 0 Å². The quantitative estimate of drug-likeness (QED) is 0.381. The molecule has 0 bridgehead atoms. The summed E-state index contributed by atoms with van der Waals surface area (Å²) in [5, 5.41) is 30.9. The van der Waals surface area contributed by atoms with E-state index in [0.717, 1.165) is 46.2 Å². The zero-order valence-corrected chi connectivity index (χ0v) is 20.4. The summed E-state index contributed by atoms with van der Waals surface area (Å²) in [4.78, 5) is 0. The number of aromatic hydroxyl groups is 3. The molecular formula is C29H36O3.